The molecule has 6 rings (SSSR count). The topological polar surface area (TPSA) is 73.2 Å². The van der Waals surface area contributed by atoms with Crippen molar-refractivity contribution in [2.75, 3.05) is 14.1 Å². The van der Waals surface area contributed by atoms with Gasteiger partial charge in [0, 0.05) is 17.4 Å². The number of benzene rings is 1. The zero-order chi connectivity index (χ0) is 24.0. The highest BCUT2D eigenvalue weighted by atomic mass is 16.5. The third kappa shape index (κ3) is 2.73. The van der Waals surface area contributed by atoms with Crippen molar-refractivity contribution in [3.8, 4) is 0 Å². The van der Waals surface area contributed by atoms with Gasteiger partial charge >= 0.3 is 0 Å². The Kier molecular flexibility index (Phi) is 4.92. The van der Waals surface area contributed by atoms with Crippen LogP contribution in [0.15, 0.2) is 53.6 Å². The predicted molar refractivity (Wildman–Crippen MR) is 132 cm³/mol. The molecule has 3 aliphatic carbocycles. The Morgan fingerprint density at radius 2 is 1.85 bits per heavy atom. The molecule has 8 atom stereocenters. The number of hydrogen-bond donors (Lipinski definition) is 3. The molecule has 8 unspecified atom stereocenters. The summed E-state index contributed by atoms with van der Waals surface area (Å²) in [5, 5.41) is 31.5. The summed E-state index contributed by atoms with van der Waals surface area (Å²) in [5.74, 6) is 0.625. The van der Waals surface area contributed by atoms with Crippen LogP contribution in [0.4, 0.5) is 0 Å². The van der Waals surface area contributed by atoms with Crippen molar-refractivity contribution >= 4 is 5.57 Å². The number of rotatable bonds is 3. The molecule has 1 aromatic carbocycles. The van der Waals surface area contributed by atoms with E-state index in [4.69, 9.17) is 4.74 Å². The van der Waals surface area contributed by atoms with E-state index < -0.39 is 17.8 Å². The Morgan fingerprint density at radius 3 is 2.53 bits per heavy atom. The lowest BCUT2D eigenvalue weighted by atomic mass is 9.54. The molecule has 1 aromatic rings. The van der Waals surface area contributed by atoms with Gasteiger partial charge in [-0.2, -0.15) is 0 Å². The van der Waals surface area contributed by atoms with Crippen LogP contribution in [-0.2, 0) is 11.3 Å². The molecule has 0 aromatic heterocycles. The van der Waals surface area contributed by atoms with Gasteiger partial charge in [0.1, 0.15) is 6.10 Å². The minimum absolute atomic E-state index is 0.0594. The molecule has 2 aliphatic heterocycles. The molecule has 1 saturated carbocycles. The average molecular weight is 464 g/mol. The van der Waals surface area contributed by atoms with Crippen LogP contribution in [0.3, 0.4) is 0 Å². The summed E-state index contributed by atoms with van der Waals surface area (Å²) in [6.07, 6.45) is 8.78. The Hall–Kier alpha value is -1.76. The van der Waals surface area contributed by atoms with Crippen LogP contribution in [0.1, 0.15) is 50.7 Å². The van der Waals surface area contributed by atoms with Crippen LogP contribution < -0.4 is 0 Å². The van der Waals surface area contributed by atoms with Gasteiger partial charge in [0.25, 0.3) is 0 Å². The monoisotopic (exact) mass is 463 g/mol. The van der Waals surface area contributed by atoms with E-state index >= 15 is 0 Å². The summed E-state index contributed by atoms with van der Waals surface area (Å²) in [5.41, 5.74) is 4.69. The predicted octanol–water partition coefficient (Wildman–Crippen LogP) is 3.45. The number of likely N-dealkylation sites (N-methyl/N-ethyl adjacent to an activating group) is 1. The standard InChI is InChI=1S/C29H37NO4/c1-17-13-20-14-22-25(32)26(33)23(30(3)4)15-28(22)11-12-29(20,34-28)24-10-9-21(27(17,24)2)19-7-5-18(16-31)6-8-19/h5-9,13-14,17,23-26,31-33H,10-12,15-16H2,1-4H3. The van der Waals surface area contributed by atoms with Crippen molar-refractivity contribution < 1.29 is 20.1 Å². The number of aliphatic hydroxyl groups excluding tert-OH is 3. The summed E-state index contributed by atoms with van der Waals surface area (Å²) in [4.78, 5) is 2.03. The van der Waals surface area contributed by atoms with Gasteiger partial charge in [0.2, 0.25) is 0 Å². The quantitative estimate of drug-likeness (QED) is 0.640. The summed E-state index contributed by atoms with van der Waals surface area (Å²) in [6, 6.07) is 8.19. The summed E-state index contributed by atoms with van der Waals surface area (Å²) < 4.78 is 7.23. The van der Waals surface area contributed by atoms with Gasteiger partial charge in [-0.3, -0.25) is 0 Å². The SMILES string of the molecule is CC1C=C2C=C3C(O)C(O)C(N(C)C)CC34CCC2(O4)C2CC=C(c3ccc(CO)cc3)C12C. The summed E-state index contributed by atoms with van der Waals surface area (Å²) in [6.45, 7) is 4.76. The molecular weight excluding hydrogens is 426 g/mol. The van der Waals surface area contributed by atoms with E-state index in [-0.39, 0.29) is 23.7 Å². The zero-order valence-corrected chi connectivity index (χ0v) is 20.7. The molecule has 2 spiro atoms. The number of ether oxygens (including phenoxy) is 1. The smallest absolute Gasteiger partial charge is 0.105 e. The number of aliphatic hydroxyl groups is 3. The highest BCUT2D eigenvalue weighted by Crippen LogP contribution is 2.68. The molecule has 3 N–H and O–H groups in total. The Labute approximate surface area is 202 Å². The molecule has 5 aliphatic rings. The lowest BCUT2D eigenvalue weighted by Gasteiger charge is -2.57. The van der Waals surface area contributed by atoms with Crippen LogP contribution in [0.5, 0.6) is 0 Å². The van der Waals surface area contributed by atoms with Gasteiger partial charge < -0.3 is 25.0 Å². The second-order valence-corrected chi connectivity index (χ2v) is 11.7. The van der Waals surface area contributed by atoms with Gasteiger partial charge in [0.15, 0.2) is 0 Å². The minimum atomic E-state index is -0.899. The third-order valence-electron chi connectivity index (χ3n) is 10.1. The van der Waals surface area contributed by atoms with Crippen molar-refractivity contribution in [2.45, 2.75) is 75.6 Å². The molecular formula is C29H37NO4. The van der Waals surface area contributed by atoms with E-state index in [9.17, 15) is 15.3 Å². The molecule has 2 heterocycles. The third-order valence-corrected chi connectivity index (χ3v) is 10.1. The van der Waals surface area contributed by atoms with Crippen LogP contribution in [0.2, 0.25) is 0 Å². The fourth-order valence-electron chi connectivity index (χ4n) is 8.05. The van der Waals surface area contributed by atoms with Crippen LogP contribution in [-0.4, -0.2) is 63.8 Å². The first-order chi connectivity index (χ1) is 16.2. The van der Waals surface area contributed by atoms with Crippen molar-refractivity contribution in [3.05, 3.63) is 64.8 Å². The van der Waals surface area contributed by atoms with Crippen molar-refractivity contribution in [3.63, 3.8) is 0 Å². The second-order valence-electron chi connectivity index (χ2n) is 11.7. The first-order valence-corrected chi connectivity index (χ1v) is 12.7. The number of allylic oxidation sites excluding steroid dienone is 3. The Morgan fingerprint density at radius 1 is 1.12 bits per heavy atom. The van der Waals surface area contributed by atoms with E-state index in [1.165, 1.54) is 16.7 Å². The maximum absolute atomic E-state index is 11.2. The largest absolute Gasteiger partial charge is 0.392 e. The maximum Gasteiger partial charge on any atom is 0.105 e. The Bertz CT molecular complexity index is 1100. The van der Waals surface area contributed by atoms with Gasteiger partial charge in [-0.25, -0.2) is 0 Å². The second kappa shape index (κ2) is 7.37. The van der Waals surface area contributed by atoms with Gasteiger partial charge in [-0.1, -0.05) is 56.3 Å². The lowest BCUT2D eigenvalue weighted by Crippen LogP contribution is -2.62. The summed E-state index contributed by atoms with van der Waals surface area (Å²) in [7, 11) is 3.94. The zero-order valence-electron chi connectivity index (χ0n) is 20.7. The minimum Gasteiger partial charge on any atom is -0.392 e. The number of fused-ring (bicyclic) bond motifs is 1. The molecule has 2 bridgehead atoms. The molecule has 182 valence electrons. The van der Waals surface area contributed by atoms with Crippen LogP contribution in [0, 0.1) is 17.3 Å². The van der Waals surface area contributed by atoms with Crippen LogP contribution in [0.25, 0.3) is 5.57 Å². The molecule has 5 heteroatoms. The normalized spacial score (nSPS) is 44.7. The molecule has 2 fully saturated rings. The fourth-order valence-corrected chi connectivity index (χ4v) is 8.05. The highest BCUT2D eigenvalue weighted by molar-refractivity contribution is 5.75. The van der Waals surface area contributed by atoms with E-state index in [1.54, 1.807) is 0 Å². The molecule has 0 radical (unpaired) electrons. The molecule has 34 heavy (non-hydrogen) atoms. The fraction of sp³-hybridized carbons (Fsp3) is 0.586. The van der Waals surface area contributed by atoms with Crippen molar-refractivity contribution in [1.29, 1.82) is 0 Å². The maximum atomic E-state index is 11.2. The Balaban J connectivity index is 1.43. The van der Waals surface area contributed by atoms with E-state index in [0.717, 1.165) is 30.4 Å². The lowest BCUT2D eigenvalue weighted by molar-refractivity contribution is -0.165. The molecule has 0 amide bonds. The molecule has 5 nitrogen and oxygen atoms in total. The highest BCUT2D eigenvalue weighted by Gasteiger charge is 2.68. The van der Waals surface area contributed by atoms with Crippen molar-refractivity contribution in [2.24, 2.45) is 17.3 Å². The molecule has 1 saturated heterocycles. The van der Waals surface area contributed by atoms with Gasteiger partial charge in [0.05, 0.1) is 23.9 Å². The summed E-state index contributed by atoms with van der Waals surface area (Å²) >= 11 is 0. The first-order valence-electron chi connectivity index (χ1n) is 12.7. The van der Waals surface area contributed by atoms with E-state index in [1.807, 2.05) is 31.1 Å². The number of hydrogen-bond acceptors (Lipinski definition) is 5. The van der Waals surface area contributed by atoms with E-state index in [2.05, 4.69) is 44.2 Å². The number of nitrogens with zero attached hydrogens (tertiary/aromatic N) is 1. The van der Waals surface area contributed by atoms with Gasteiger partial charge in [-0.05, 0) is 73.5 Å². The average Bonchev–Trinajstić information content (AvgIpc) is 3.35. The van der Waals surface area contributed by atoms with E-state index in [0.29, 0.717) is 18.3 Å². The van der Waals surface area contributed by atoms with Crippen LogP contribution >= 0.6 is 0 Å². The first kappa shape index (κ1) is 22.7. The van der Waals surface area contributed by atoms with Gasteiger partial charge in [-0.15, -0.1) is 0 Å². The van der Waals surface area contributed by atoms with Crippen molar-refractivity contribution in [1.82, 2.24) is 4.90 Å².